The molecular weight excluding hydrogens is 412 g/mol. The van der Waals surface area contributed by atoms with Crippen LogP contribution < -0.4 is 4.90 Å². The number of carbonyl (C=O) groups is 2. The van der Waals surface area contributed by atoms with Crippen molar-refractivity contribution in [3.8, 4) is 0 Å². The third-order valence-electron chi connectivity index (χ3n) is 6.10. The number of benzene rings is 2. The van der Waals surface area contributed by atoms with E-state index >= 15 is 0 Å². The molecule has 2 aliphatic heterocycles. The molecule has 6 heteroatoms. The minimum absolute atomic E-state index is 0.104. The molecule has 2 aromatic carbocycles. The molecular formula is C24H22N2O2S2. The normalized spacial score (nSPS) is 21.8. The number of carbonyl (C=O) groups excluding carboxylic acids is 2. The number of thiocarbonyl (C=S) groups is 1. The molecule has 0 spiro atoms. The van der Waals surface area contributed by atoms with E-state index in [1.807, 2.05) is 43.3 Å². The minimum Gasteiger partial charge on any atom is -0.303 e. The van der Waals surface area contributed by atoms with Crippen molar-refractivity contribution in [3.63, 3.8) is 0 Å². The zero-order valence-electron chi connectivity index (χ0n) is 16.8. The number of nitrogens with zero attached hydrogens (tertiary/aromatic N) is 2. The average molecular weight is 435 g/mol. The molecule has 0 N–H and O–H groups in total. The van der Waals surface area contributed by atoms with Crippen LogP contribution >= 0.6 is 24.0 Å². The Balaban J connectivity index is 1.54. The summed E-state index contributed by atoms with van der Waals surface area (Å²) in [6, 6.07) is 16.1. The lowest BCUT2D eigenvalue weighted by Crippen LogP contribution is -2.37. The highest BCUT2D eigenvalue weighted by Gasteiger charge is 2.44. The van der Waals surface area contributed by atoms with Crippen LogP contribution in [0, 0.1) is 6.92 Å². The Morgan fingerprint density at radius 1 is 1.00 bits per heavy atom. The molecule has 4 nitrogen and oxygen atoms in total. The van der Waals surface area contributed by atoms with Crippen LogP contribution in [0.2, 0.25) is 0 Å². The van der Waals surface area contributed by atoms with Gasteiger partial charge < -0.3 is 4.90 Å². The molecule has 0 unspecified atom stereocenters. The summed E-state index contributed by atoms with van der Waals surface area (Å²) in [4.78, 5) is 30.9. The maximum atomic E-state index is 13.5. The van der Waals surface area contributed by atoms with Gasteiger partial charge in [-0.3, -0.25) is 14.5 Å². The third-order valence-corrected chi connectivity index (χ3v) is 7.50. The highest BCUT2D eigenvalue weighted by atomic mass is 32.2. The third kappa shape index (κ3) is 3.19. The van der Waals surface area contributed by atoms with Crippen molar-refractivity contribution in [2.75, 3.05) is 4.90 Å². The number of aryl methyl sites for hydroxylation is 1. The molecule has 2 heterocycles. The SMILES string of the molecule is Cc1ccc(CN2C(=O)C(=C3SC(=S)N(C4CCCC4)C3=O)c3ccccc32)cc1. The number of hydrogen-bond acceptors (Lipinski definition) is 4. The van der Waals surface area contributed by atoms with Crippen LogP contribution in [0.15, 0.2) is 53.4 Å². The number of hydrogen-bond donors (Lipinski definition) is 0. The lowest BCUT2D eigenvalue weighted by Gasteiger charge is -2.22. The van der Waals surface area contributed by atoms with Crippen molar-refractivity contribution in [1.29, 1.82) is 0 Å². The van der Waals surface area contributed by atoms with Gasteiger partial charge in [-0.25, -0.2) is 0 Å². The molecule has 152 valence electrons. The highest BCUT2D eigenvalue weighted by molar-refractivity contribution is 8.26. The highest BCUT2D eigenvalue weighted by Crippen LogP contribution is 2.46. The molecule has 1 saturated carbocycles. The molecule has 1 aliphatic carbocycles. The number of amides is 2. The van der Waals surface area contributed by atoms with Crippen LogP contribution in [0.3, 0.4) is 0 Å². The van der Waals surface area contributed by atoms with Crippen molar-refractivity contribution < 1.29 is 9.59 Å². The monoisotopic (exact) mass is 434 g/mol. The topological polar surface area (TPSA) is 40.6 Å². The van der Waals surface area contributed by atoms with Gasteiger partial charge in [-0.1, -0.05) is 84.8 Å². The van der Waals surface area contributed by atoms with Crippen LogP contribution in [-0.2, 0) is 16.1 Å². The van der Waals surface area contributed by atoms with Crippen molar-refractivity contribution >= 4 is 51.4 Å². The van der Waals surface area contributed by atoms with E-state index in [1.165, 1.54) is 17.3 Å². The van der Waals surface area contributed by atoms with Gasteiger partial charge in [0.25, 0.3) is 11.8 Å². The first-order chi connectivity index (χ1) is 14.5. The van der Waals surface area contributed by atoms with Gasteiger partial charge in [0.2, 0.25) is 0 Å². The zero-order valence-corrected chi connectivity index (χ0v) is 18.4. The molecule has 3 aliphatic rings. The molecule has 0 aromatic heterocycles. The molecule has 0 bridgehead atoms. The van der Waals surface area contributed by atoms with Crippen LogP contribution in [0.5, 0.6) is 0 Å². The van der Waals surface area contributed by atoms with Crippen molar-refractivity contribution in [2.24, 2.45) is 0 Å². The Bertz CT molecular complexity index is 1080. The van der Waals surface area contributed by atoms with Gasteiger partial charge in [0.1, 0.15) is 4.32 Å². The Hall–Kier alpha value is -2.44. The van der Waals surface area contributed by atoms with Crippen molar-refractivity contribution in [1.82, 2.24) is 4.90 Å². The van der Waals surface area contributed by atoms with E-state index < -0.39 is 0 Å². The summed E-state index contributed by atoms with van der Waals surface area (Å²) in [5.41, 5.74) is 4.41. The van der Waals surface area contributed by atoms with Gasteiger partial charge in [0, 0.05) is 11.6 Å². The van der Waals surface area contributed by atoms with E-state index in [0.717, 1.165) is 42.5 Å². The lowest BCUT2D eigenvalue weighted by molar-refractivity contribution is -0.123. The number of thioether (sulfide) groups is 1. The first-order valence-electron chi connectivity index (χ1n) is 10.3. The van der Waals surface area contributed by atoms with E-state index in [2.05, 4.69) is 12.1 Å². The lowest BCUT2D eigenvalue weighted by atomic mass is 10.1. The molecule has 0 atom stereocenters. The Labute approximate surface area is 185 Å². The number of rotatable bonds is 3. The smallest absolute Gasteiger partial charge is 0.267 e. The van der Waals surface area contributed by atoms with Gasteiger partial charge in [-0.15, -0.1) is 0 Å². The Morgan fingerprint density at radius 3 is 2.43 bits per heavy atom. The number of anilines is 1. The predicted molar refractivity (Wildman–Crippen MR) is 125 cm³/mol. The maximum absolute atomic E-state index is 13.5. The largest absolute Gasteiger partial charge is 0.303 e. The molecule has 30 heavy (non-hydrogen) atoms. The number of para-hydroxylation sites is 1. The van der Waals surface area contributed by atoms with Gasteiger partial charge in [-0.2, -0.15) is 0 Å². The first-order valence-corrected chi connectivity index (χ1v) is 11.5. The standard InChI is InChI=1S/C24H22N2O2S2/c1-15-10-12-16(13-11-15)14-25-19-9-5-4-8-18(19)20(22(25)27)21-23(28)26(24(29)30-21)17-6-2-3-7-17/h4-5,8-13,17H,2-3,6-7,14H2,1H3. The van der Waals surface area contributed by atoms with Gasteiger partial charge in [0.15, 0.2) is 0 Å². The molecule has 1 saturated heterocycles. The molecule has 2 fully saturated rings. The van der Waals surface area contributed by atoms with Crippen LogP contribution in [-0.4, -0.2) is 27.1 Å². The summed E-state index contributed by atoms with van der Waals surface area (Å²) in [6.07, 6.45) is 4.22. The van der Waals surface area contributed by atoms with Crippen LogP contribution in [0.25, 0.3) is 5.57 Å². The van der Waals surface area contributed by atoms with E-state index in [9.17, 15) is 9.59 Å². The van der Waals surface area contributed by atoms with Crippen LogP contribution in [0.4, 0.5) is 5.69 Å². The second-order valence-corrected chi connectivity index (χ2v) is 9.72. The van der Waals surface area contributed by atoms with E-state index in [0.29, 0.717) is 21.3 Å². The van der Waals surface area contributed by atoms with Gasteiger partial charge >= 0.3 is 0 Å². The zero-order chi connectivity index (χ0) is 20.8. The average Bonchev–Trinajstić information content (AvgIpc) is 3.42. The fourth-order valence-electron chi connectivity index (χ4n) is 4.54. The second kappa shape index (κ2) is 7.67. The van der Waals surface area contributed by atoms with Gasteiger partial charge in [-0.05, 0) is 31.4 Å². The summed E-state index contributed by atoms with van der Waals surface area (Å²) in [7, 11) is 0. The summed E-state index contributed by atoms with van der Waals surface area (Å²) < 4.78 is 0.580. The quantitative estimate of drug-likeness (QED) is 0.500. The summed E-state index contributed by atoms with van der Waals surface area (Å²) in [5.74, 6) is -0.226. The second-order valence-electron chi connectivity index (χ2n) is 8.08. The predicted octanol–water partition coefficient (Wildman–Crippen LogP) is 5.06. The fraction of sp³-hybridized carbons (Fsp3) is 0.292. The summed E-state index contributed by atoms with van der Waals surface area (Å²) >= 11 is 6.84. The number of fused-ring (bicyclic) bond motifs is 1. The van der Waals surface area contributed by atoms with E-state index in [4.69, 9.17) is 12.2 Å². The first kappa shape index (κ1) is 19.5. The van der Waals surface area contributed by atoms with E-state index in [-0.39, 0.29) is 17.9 Å². The fourth-order valence-corrected chi connectivity index (χ4v) is 6.01. The summed E-state index contributed by atoms with van der Waals surface area (Å²) in [6.45, 7) is 2.52. The van der Waals surface area contributed by atoms with Crippen molar-refractivity contribution in [2.45, 2.75) is 45.2 Å². The Morgan fingerprint density at radius 2 is 1.70 bits per heavy atom. The maximum Gasteiger partial charge on any atom is 0.267 e. The van der Waals surface area contributed by atoms with Crippen LogP contribution in [0.1, 0.15) is 42.4 Å². The molecule has 0 radical (unpaired) electrons. The van der Waals surface area contributed by atoms with Gasteiger partial charge in [0.05, 0.1) is 22.7 Å². The van der Waals surface area contributed by atoms with E-state index in [1.54, 1.807) is 9.80 Å². The minimum atomic E-state index is -0.122. The molecule has 2 amide bonds. The van der Waals surface area contributed by atoms with Crippen molar-refractivity contribution in [3.05, 3.63) is 70.1 Å². The summed E-state index contributed by atoms with van der Waals surface area (Å²) in [5, 5.41) is 0. The Kier molecular flexibility index (Phi) is 4.99. The molecule has 2 aromatic rings. The molecule has 5 rings (SSSR count).